The number of hydrogen-bond acceptors (Lipinski definition) is 5. The number of alkyl halides is 2. The van der Waals surface area contributed by atoms with Crippen molar-refractivity contribution in [1.29, 1.82) is 0 Å². The van der Waals surface area contributed by atoms with Crippen molar-refractivity contribution >= 4 is 46.7 Å². The number of aromatic nitrogens is 2. The molecule has 3 N–H and O–H groups in total. The first kappa shape index (κ1) is 20.1. The van der Waals surface area contributed by atoms with Crippen molar-refractivity contribution in [3.8, 4) is 0 Å². The van der Waals surface area contributed by atoms with Gasteiger partial charge in [-0.25, -0.2) is 9.98 Å². The van der Waals surface area contributed by atoms with Gasteiger partial charge in [-0.1, -0.05) is 48.5 Å². The molecule has 0 fully saturated rings. The smallest absolute Gasteiger partial charge is 0.195 e. The van der Waals surface area contributed by atoms with Gasteiger partial charge in [-0.15, -0.1) is 35.0 Å². The number of benzene rings is 2. The molecule has 1 atom stereocenters. The van der Waals surface area contributed by atoms with Gasteiger partial charge in [-0.2, -0.15) is 0 Å². The highest BCUT2D eigenvalue weighted by Gasteiger charge is 2.26. The Morgan fingerprint density at radius 2 is 1.59 bits per heavy atom. The van der Waals surface area contributed by atoms with Gasteiger partial charge in [0.1, 0.15) is 16.9 Å². The van der Waals surface area contributed by atoms with E-state index in [0.29, 0.717) is 24.3 Å². The Hall–Kier alpha value is -2.15. The fourth-order valence-electron chi connectivity index (χ4n) is 3.31. The van der Waals surface area contributed by atoms with Crippen LogP contribution in [0.25, 0.3) is 0 Å². The minimum Gasteiger partial charge on any atom is -0.370 e. The lowest BCUT2D eigenvalue weighted by atomic mass is 10.1. The molecule has 8 heteroatoms. The van der Waals surface area contributed by atoms with Crippen LogP contribution < -0.4 is 11.1 Å². The average Bonchev–Trinajstić information content (AvgIpc) is 3.15. The van der Waals surface area contributed by atoms with E-state index in [1.165, 1.54) is 5.56 Å². The normalized spacial score (nSPS) is 15.5. The molecule has 0 saturated carbocycles. The van der Waals surface area contributed by atoms with Crippen LogP contribution in [-0.4, -0.2) is 15.5 Å². The summed E-state index contributed by atoms with van der Waals surface area (Å²) in [7, 11) is 0. The number of guanidine groups is 1. The highest BCUT2D eigenvalue weighted by Crippen LogP contribution is 2.39. The number of nitrogens with two attached hydrogens (primary N) is 1. The second-order valence-corrected chi connectivity index (χ2v) is 8.32. The second kappa shape index (κ2) is 9.11. The SMILES string of the molecule is NC1=NC(SCc2ccccc2CCl)c2ncn(Cc3ccccc3CCl)c2N1. The first-order valence-electron chi connectivity index (χ1n) is 9.22. The molecule has 1 unspecified atom stereocenters. The molecule has 0 spiro atoms. The van der Waals surface area contributed by atoms with Crippen LogP contribution in [0.3, 0.4) is 0 Å². The van der Waals surface area contributed by atoms with Gasteiger partial charge in [0, 0.05) is 17.5 Å². The number of anilines is 1. The number of imidazole rings is 1. The lowest BCUT2D eigenvalue weighted by Crippen LogP contribution is -2.28. The van der Waals surface area contributed by atoms with E-state index >= 15 is 0 Å². The van der Waals surface area contributed by atoms with Gasteiger partial charge < -0.3 is 15.6 Å². The van der Waals surface area contributed by atoms with Crippen LogP contribution in [0.2, 0.25) is 0 Å². The standard InChI is InChI=1S/C21H21Cl2N5S/c22-9-14-5-1-3-7-16(14)11-28-13-25-18-19(28)26-21(24)27-20(18)29-12-17-8-4-2-6-15(17)10-23/h1-8,13,20H,9-12H2,(H3,24,26,27). The van der Waals surface area contributed by atoms with Crippen LogP contribution in [0.1, 0.15) is 33.3 Å². The summed E-state index contributed by atoms with van der Waals surface area (Å²) in [4.78, 5) is 9.20. The molecule has 2 aromatic carbocycles. The van der Waals surface area contributed by atoms with E-state index in [4.69, 9.17) is 28.9 Å². The van der Waals surface area contributed by atoms with E-state index in [2.05, 4.69) is 38.1 Å². The molecule has 0 radical (unpaired) electrons. The zero-order chi connectivity index (χ0) is 20.2. The zero-order valence-electron chi connectivity index (χ0n) is 15.7. The molecule has 3 aromatic rings. The number of nitrogens with one attached hydrogen (secondary N) is 1. The Morgan fingerprint density at radius 1 is 0.966 bits per heavy atom. The van der Waals surface area contributed by atoms with Gasteiger partial charge in [0.15, 0.2) is 5.96 Å². The van der Waals surface area contributed by atoms with E-state index in [0.717, 1.165) is 34.0 Å². The summed E-state index contributed by atoms with van der Waals surface area (Å²) in [6.07, 6.45) is 1.83. The highest BCUT2D eigenvalue weighted by atomic mass is 35.5. The van der Waals surface area contributed by atoms with Crippen molar-refractivity contribution in [3.63, 3.8) is 0 Å². The van der Waals surface area contributed by atoms with Crippen LogP contribution in [0.5, 0.6) is 0 Å². The van der Waals surface area contributed by atoms with Gasteiger partial charge in [-0.3, -0.25) is 0 Å². The van der Waals surface area contributed by atoms with Crippen molar-refractivity contribution in [2.75, 3.05) is 5.32 Å². The second-order valence-electron chi connectivity index (χ2n) is 6.71. The molecule has 1 aromatic heterocycles. The molecule has 1 aliphatic heterocycles. The van der Waals surface area contributed by atoms with Crippen LogP contribution in [-0.2, 0) is 24.1 Å². The quantitative estimate of drug-likeness (QED) is 0.497. The lowest BCUT2D eigenvalue weighted by molar-refractivity contribution is 0.797. The predicted octanol–water partition coefficient (Wildman–Crippen LogP) is 5.08. The molecule has 0 bridgehead atoms. The maximum absolute atomic E-state index is 6.09. The molecule has 29 heavy (non-hydrogen) atoms. The summed E-state index contributed by atoms with van der Waals surface area (Å²) >= 11 is 13.9. The molecule has 150 valence electrons. The fourth-order valence-corrected chi connectivity index (χ4v) is 4.97. The number of aliphatic imine (C=N–C) groups is 1. The minimum atomic E-state index is -0.167. The first-order chi connectivity index (χ1) is 14.2. The van der Waals surface area contributed by atoms with Crippen molar-refractivity contribution in [2.45, 2.75) is 29.4 Å². The molecule has 1 aliphatic rings. The van der Waals surface area contributed by atoms with Crippen LogP contribution in [0.15, 0.2) is 59.9 Å². The van der Waals surface area contributed by atoms with Gasteiger partial charge in [0.25, 0.3) is 0 Å². The van der Waals surface area contributed by atoms with Crippen LogP contribution in [0.4, 0.5) is 5.82 Å². The molecule has 5 nitrogen and oxygen atoms in total. The third-order valence-corrected chi connectivity index (χ3v) is 6.56. The largest absolute Gasteiger partial charge is 0.370 e. The Labute approximate surface area is 184 Å². The Bertz CT molecular complexity index is 1030. The Kier molecular flexibility index (Phi) is 6.33. The van der Waals surface area contributed by atoms with E-state index in [1.54, 1.807) is 11.8 Å². The molecular formula is C21H21Cl2N5S. The Morgan fingerprint density at radius 3 is 2.28 bits per heavy atom. The fraction of sp³-hybridized carbons (Fsp3) is 0.238. The van der Waals surface area contributed by atoms with E-state index in [9.17, 15) is 0 Å². The van der Waals surface area contributed by atoms with Crippen molar-refractivity contribution in [1.82, 2.24) is 9.55 Å². The monoisotopic (exact) mass is 445 g/mol. The van der Waals surface area contributed by atoms with E-state index in [-0.39, 0.29) is 5.37 Å². The maximum Gasteiger partial charge on any atom is 0.195 e. The molecule has 2 heterocycles. The number of thioether (sulfide) groups is 1. The third kappa shape index (κ3) is 4.39. The van der Waals surface area contributed by atoms with Crippen molar-refractivity contribution in [3.05, 3.63) is 82.8 Å². The summed E-state index contributed by atoms with van der Waals surface area (Å²) in [6.45, 7) is 0.665. The highest BCUT2D eigenvalue weighted by molar-refractivity contribution is 7.98. The summed E-state index contributed by atoms with van der Waals surface area (Å²) in [5.74, 6) is 3.03. The van der Waals surface area contributed by atoms with Gasteiger partial charge in [0.05, 0.1) is 12.9 Å². The van der Waals surface area contributed by atoms with Gasteiger partial charge in [0.2, 0.25) is 0 Å². The summed E-state index contributed by atoms with van der Waals surface area (Å²) in [5, 5.41) is 3.01. The van der Waals surface area contributed by atoms with Gasteiger partial charge in [-0.05, 0) is 22.3 Å². The number of nitrogens with zero attached hydrogens (tertiary/aromatic N) is 3. The number of rotatable bonds is 7. The number of fused-ring (bicyclic) bond motifs is 1. The van der Waals surface area contributed by atoms with E-state index in [1.807, 2.05) is 36.7 Å². The minimum absolute atomic E-state index is 0.167. The molecular weight excluding hydrogens is 425 g/mol. The maximum atomic E-state index is 6.09. The van der Waals surface area contributed by atoms with Crippen LogP contribution >= 0.6 is 35.0 Å². The van der Waals surface area contributed by atoms with Crippen molar-refractivity contribution < 1.29 is 0 Å². The number of hydrogen-bond donors (Lipinski definition) is 2. The molecule has 0 aliphatic carbocycles. The van der Waals surface area contributed by atoms with Crippen LogP contribution in [0, 0.1) is 0 Å². The molecule has 0 amide bonds. The zero-order valence-corrected chi connectivity index (χ0v) is 18.0. The Balaban J connectivity index is 1.56. The number of halogens is 2. The van der Waals surface area contributed by atoms with Gasteiger partial charge >= 0.3 is 0 Å². The first-order valence-corrected chi connectivity index (χ1v) is 11.3. The lowest BCUT2D eigenvalue weighted by Gasteiger charge is -2.21. The molecule has 4 rings (SSSR count). The van der Waals surface area contributed by atoms with Crippen molar-refractivity contribution in [2.24, 2.45) is 10.7 Å². The van der Waals surface area contributed by atoms with E-state index < -0.39 is 0 Å². The topological polar surface area (TPSA) is 68.2 Å². The molecule has 0 saturated heterocycles. The third-order valence-electron chi connectivity index (χ3n) is 4.86. The summed E-state index contributed by atoms with van der Waals surface area (Å²) in [5.41, 5.74) is 11.6. The predicted molar refractivity (Wildman–Crippen MR) is 123 cm³/mol. The summed E-state index contributed by atoms with van der Waals surface area (Å²) in [6, 6.07) is 16.3. The summed E-state index contributed by atoms with van der Waals surface area (Å²) < 4.78 is 2.06. The average molecular weight is 446 g/mol.